The molecule has 112 valence electrons. The number of para-hydroxylation sites is 1. The molecule has 1 atom stereocenters. The molecule has 0 aromatic heterocycles. The summed E-state index contributed by atoms with van der Waals surface area (Å²) in [7, 11) is 0. The smallest absolute Gasteiger partial charge is 0.119 e. The first-order chi connectivity index (χ1) is 10.3. The number of ether oxygens (including phenoxy) is 1. The summed E-state index contributed by atoms with van der Waals surface area (Å²) in [5.74, 6) is 0.934. The van der Waals surface area contributed by atoms with Crippen LogP contribution >= 0.6 is 22.6 Å². The van der Waals surface area contributed by atoms with Crippen molar-refractivity contribution in [2.24, 2.45) is 0 Å². The number of hydrogen-bond acceptors (Lipinski definition) is 2. The van der Waals surface area contributed by atoms with Gasteiger partial charge in [-0.05, 0) is 71.8 Å². The standard InChI is InChI=1S/C18H22INO/c1-2-12-20-17(13-15-8-10-16(19)11-9-15)14-21-18-6-4-3-5-7-18/h3-11,17,20H,2,12-14H2,1H3. The molecular formula is C18H22INO. The van der Waals surface area contributed by atoms with Crippen LogP contribution in [0.3, 0.4) is 0 Å². The Balaban J connectivity index is 1.92. The Morgan fingerprint density at radius 3 is 2.43 bits per heavy atom. The molecule has 2 aromatic rings. The highest BCUT2D eigenvalue weighted by Crippen LogP contribution is 2.12. The summed E-state index contributed by atoms with van der Waals surface area (Å²) in [4.78, 5) is 0. The lowest BCUT2D eigenvalue weighted by Crippen LogP contribution is -2.37. The van der Waals surface area contributed by atoms with Crippen LogP contribution in [0.1, 0.15) is 18.9 Å². The highest BCUT2D eigenvalue weighted by molar-refractivity contribution is 14.1. The summed E-state index contributed by atoms with van der Waals surface area (Å²) in [5.41, 5.74) is 1.35. The lowest BCUT2D eigenvalue weighted by molar-refractivity contribution is 0.263. The monoisotopic (exact) mass is 395 g/mol. The maximum Gasteiger partial charge on any atom is 0.119 e. The van der Waals surface area contributed by atoms with Gasteiger partial charge < -0.3 is 10.1 Å². The molecular weight excluding hydrogens is 373 g/mol. The van der Waals surface area contributed by atoms with E-state index in [1.165, 1.54) is 9.13 Å². The van der Waals surface area contributed by atoms with Crippen molar-refractivity contribution in [1.82, 2.24) is 5.32 Å². The molecule has 0 spiro atoms. The third-order valence-electron chi connectivity index (χ3n) is 3.27. The van der Waals surface area contributed by atoms with E-state index in [0.29, 0.717) is 12.6 Å². The van der Waals surface area contributed by atoms with Crippen LogP contribution in [0.15, 0.2) is 54.6 Å². The van der Waals surface area contributed by atoms with Crippen LogP contribution in [0, 0.1) is 3.57 Å². The van der Waals surface area contributed by atoms with Crippen LogP contribution in [0.25, 0.3) is 0 Å². The first-order valence-corrected chi connectivity index (χ1v) is 8.51. The molecule has 1 unspecified atom stereocenters. The van der Waals surface area contributed by atoms with Gasteiger partial charge in [0.05, 0.1) is 0 Å². The molecule has 0 saturated carbocycles. The summed E-state index contributed by atoms with van der Waals surface area (Å²) in [5, 5.41) is 3.58. The summed E-state index contributed by atoms with van der Waals surface area (Å²) in [6.45, 7) is 3.90. The zero-order valence-electron chi connectivity index (χ0n) is 12.4. The number of nitrogens with one attached hydrogen (secondary N) is 1. The molecule has 0 radical (unpaired) electrons. The molecule has 0 bridgehead atoms. The number of rotatable bonds is 8. The van der Waals surface area contributed by atoms with E-state index in [4.69, 9.17) is 4.74 Å². The average Bonchev–Trinajstić information content (AvgIpc) is 2.53. The minimum absolute atomic E-state index is 0.338. The molecule has 2 aromatic carbocycles. The van der Waals surface area contributed by atoms with Gasteiger partial charge in [-0.3, -0.25) is 0 Å². The van der Waals surface area contributed by atoms with E-state index in [9.17, 15) is 0 Å². The van der Waals surface area contributed by atoms with Crippen molar-refractivity contribution in [3.8, 4) is 5.75 Å². The van der Waals surface area contributed by atoms with Crippen molar-refractivity contribution in [3.05, 3.63) is 63.7 Å². The SMILES string of the molecule is CCCNC(COc1ccccc1)Cc1ccc(I)cc1. The Labute approximate surface area is 141 Å². The van der Waals surface area contributed by atoms with Crippen LogP contribution in [-0.4, -0.2) is 19.2 Å². The molecule has 0 aliphatic carbocycles. The Morgan fingerprint density at radius 1 is 1.05 bits per heavy atom. The third-order valence-corrected chi connectivity index (χ3v) is 3.99. The lowest BCUT2D eigenvalue weighted by Gasteiger charge is -2.19. The predicted octanol–water partition coefficient (Wildman–Crippen LogP) is 4.28. The number of hydrogen-bond donors (Lipinski definition) is 1. The van der Waals surface area contributed by atoms with Crippen molar-refractivity contribution < 1.29 is 4.74 Å². The van der Waals surface area contributed by atoms with E-state index in [2.05, 4.69) is 59.1 Å². The molecule has 1 N–H and O–H groups in total. The molecule has 0 heterocycles. The zero-order valence-corrected chi connectivity index (χ0v) is 14.5. The Morgan fingerprint density at radius 2 is 1.76 bits per heavy atom. The maximum atomic E-state index is 5.90. The van der Waals surface area contributed by atoms with Gasteiger partial charge in [0.1, 0.15) is 12.4 Å². The molecule has 2 nitrogen and oxygen atoms in total. The van der Waals surface area contributed by atoms with Crippen molar-refractivity contribution in [3.63, 3.8) is 0 Å². The molecule has 0 aliphatic rings. The molecule has 0 aliphatic heterocycles. The molecule has 2 rings (SSSR count). The summed E-state index contributed by atoms with van der Waals surface area (Å²) < 4.78 is 7.17. The van der Waals surface area contributed by atoms with E-state index < -0.39 is 0 Å². The second-order valence-electron chi connectivity index (χ2n) is 5.11. The first-order valence-electron chi connectivity index (χ1n) is 7.43. The third kappa shape index (κ3) is 6.06. The fraction of sp³-hybridized carbons (Fsp3) is 0.333. The summed E-state index contributed by atoms with van der Waals surface area (Å²) in [6.07, 6.45) is 2.12. The quantitative estimate of drug-likeness (QED) is 0.674. The van der Waals surface area contributed by atoms with Gasteiger partial charge >= 0.3 is 0 Å². The van der Waals surface area contributed by atoms with Crippen molar-refractivity contribution >= 4 is 22.6 Å². The molecule has 0 amide bonds. The van der Waals surface area contributed by atoms with Crippen LogP contribution in [0.4, 0.5) is 0 Å². The van der Waals surface area contributed by atoms with E-state index in [0.717, 1.165) is 25.1 Å². The Bertz CT molecular complexity index is 513. The minimum Gasteiger partial charge on any atom is -0.492 e. The minimum atomic E-state index is 0.338. The average molecular weight is 395 g/mol. The highest BCUT2D eigenvalue weighted by Gasteiger charge is 2.10. The summed E-state index contributed by atoms with van der Waals surface area (Å²) >= 11 is 2.34. The zero-order chi connectivity index (χ0) is 14.9. The fourth-order valence-corrected chi connectivity index (χ4v) is 2.52. The van der Waals surface area contributed by atoms with Gasteiger partial charge in [0.2, 0.25) is 0 Å². The van der Waals surface area contributed by atoms with Crippen LogP contribution in [-0.2, 0) is 6.42 Å². The first kappa shape index (κ1) is 16.3. The van der Waals surface area contributed by atoms with Crippen molar-refractivity contribution in [2.45, 2.75) is 25.8 Å². The number of benzene rings is 2. The second-order valence-corrected chi connectivity index (χ2v) is 6.35. The largest absolute Gasteiger partial charge is 0.492 e. The van der Waals surface area contributed by atoms with E-state index in [1.807, 2.05) is 30.3 Å². The van der Waals surface area contributed by atoms with Gasteiger partial charge in [0.25, 0.3) is 0 Å². The number of halogens is 1. The normalized spacial score (nSPS) is 12.1. The van der Waals surface area contributed by atoms with Gasteiger partial charge in [0.15, 0.2) is 0 Å². The molecule has 0 fully saturated rings. The summed E-state index contributed by atoms with van der Waals surface area (Å²) in [6, 6.07) is 19.1. The Hall–Kier alpha value is -1.07. The van der Waals surface area contributed by atoms with Crippen molar-refractivity contribution in [2.75, 3.05) is 13.2 Å². The van der Waals surface area contributed by atoms with Crippen molar-refractivity contribution in [1.29, 1.82) is 0 Å². The van der Waals surface area contributed by atoms with Gasteiger partial charge in [0, 0.05) is 9.61 Å². The van der Waals surface area contributed by atoms with Gasteiger partial charge in [-0.25, -0.2) is 0 Å². The van der Waals surface area contributed by atoms with Crippen LogP contribution in [0.5, 0.6) is 5.75 Å². The molecule has 21 heavy (non-hydrogen) atoms. The predicted molar refractivity (Wildman–Crippen MR) is 96.9 cm³/mol. The Kier molecular flexibility index (Phi) is 7.03. The van der Waals surface area contributed by atoms with Crippen LogP contribution < -0.4 is 10.1 Å². The lowest BCUT2D eigenvalue weighted by atomic mass is 10.1. The van der Waals surface area contributed by atoms with E-state index in [1.54, 1.807) is 0 Å². The van der Waals surface area contributed by atoms with Gasteiger partial charge in [-0.2, -0.15) is 0 Å². The maximum absolute atomic E-state index is 5.90. The molecule has 0 saturated heterocycles. The van der Waals surface area contributed by atoms with E-state index >= 15 is 0 Å². The van der Waals surface area contributed by atoms with Crippen LogP contribution in [0.2, 0.25) is 0 Å². The molecule has 3 heteroatoms. The van der Waals surface area contributed by atoms with Gasteiger partial charge in [-0.1, -0.05) is 37.3 Å². The van der Waals surface area contributed by atoms with E-state index in [-0.39, 0.29) is 0 Å². The van der Waals surface area contributed by atoms with Gasteiger partial charge in [-0.15, -0.1) is 0 Å². The fourth-order valence-electron chi connectivity index (χ4n) is 2.16. The highest BCUT2D eigenvalue weighted by atomic mass is 127. The second kappa shape index (κ2) is 9.05. The topological polar surface area (TPSA) is 21.3 Å².